The molecule has 0 saturated heterocycles. The van der Waals surface area contributed by atoms with Gasteiger partial charge in [-0.3, -0.25) is 18.9 Å². The van der Waals surface area contributed by atoms with Crippen molar-refractivity contribution in [3.8, 4) is 0 Å². The lowest BCUT2D eigenvalue weighted by molar-refractivity contribution is -0.224. The van der Waals surface area contributed by atoms with E-state index in [-0.39, 0.29) is 53.0 Å². The fraction of sp³-hybridized carbons (Fsp3) is 0.844. The van der Waals surface area contributed by atoms with Crippen LogP contribution >= 0.6 is 0 Å². The third-order valence-electron chi connectivity index (χ3n) is 12.2. The fourth-order valence-electron chi connectivity index (χ4n) is 10.4. The number of esters is 3. The Morgan fingerprint density at radius 3 is 2.20 bits per heavy atom. The Hall–Kier alpha value is -2.28. The summed E-state index contributed by atoms with van der Waals surface area (Å²) in [4.78, 5) is 36.9. The summed E-state index contributed by atoms with van der Waals surface area (Å²) in [6.07, 6.45) is 3.40. The van der Waals surface area contributed by atoms with E-state index in [2.05, 4.69) is 20.8 Å². The lowest BCUT2D eigenvalue weighted by atomic mass is 9.43. The van der Waals surface area contributed by atoms with Gasteiger partial charge in [-0.2, -0.15) is 17.2 Å². The average Bonchev–Trinajstić information content (AvgIpc) is 3.23. The zero-order chi connectivity index (χ0) is 33.3. The summed E-state index contributed by atoms with van der Waals surface area (Å²) in [6.45, 7) is 9.06. The van der Waals surface area contributed by atoms with Gasteiger partial charge in [0.05, 0.1) is 5.76 Å². The molecule has 4 fully saturated rings. The first-order valence-electron chi connectivity index (χ1n) is 16.0. The van der Waals surface area contributed by atoms with E-state index in [1.165, 1.54) is 20.8 Å². The van der Waals surface area contributed by atoms with Gasteiger partial charge in [0.25, 0.3) is 0 Å². The van der Waals surface area contributed by atoms with Crippen molar-refractivity contribution >= 4 is 28.0 Å². The maximum Gasteiger partial charge on any atom is 0.402 e. The largest absolute Gasteiger partial charge is 0.490 e. The summed E-state index contributed by atoms with van der Waals surface area (Å²) < 4.78 is 83.5. The summed E-state index contributed by atoms with van der Waals surface area (Å²) >= 11 is 0. The standard InChI is InChI=1S/C32H46F2O10S/c1-16-7-8-25(41-15-32(33,34)45(38,39)40)22-13-24-28-23(14-27(44-19(4)37)31(24,6)29(16)22)30(5)10-9-21(42-17(2)35)11-20(30)12-26(28)43-18(3)36/h16,20-21,23-24,26-29H,7-15H2,1-6H3,(H,38,39,40)/t16-,20+,21?,23+,24+,26?,27?,28-,29+,30+,31-/m1/s1. The van der Waals surface area contributed by atoms with Gasteiger partial charge in [-0.05, 0) is 85.5 Å². The molecule has 3 unspecified atom stereocenters. The topological polar surface area (TPSA) is 142 Å². The molecule has 5 aliphatic carbocycles. The first kappa shape index (κ1) is 34.1. The van der Waals surface area contributed by atoms with Crippen molar-refractivity contribution in [1.82, 2.24) is 0 Å². The Morgan fingerprint density at radius 2 is 1.60 bits per heavy atom. The van der Waals surface area contributed by atoms with Crippen LogP contribution in [0.4, 0.5) is 8.78 Å². The number of hydrogen-bond donors (Lipinski definition) is 1. The van der Waals surface area contributed by atoms with Gasteiger partial charge in [-0.25, -0.2) is 0 Å². The number of halogens is 2. The van der Waals surface area contributed by atoms with E-state index >= 15 is 0 Å². The molecule has 254 valence electrons. The smallest absolute Gasteiger partial charge is 0.402 e. The number of alkyl halides is 2. The second-order valence-corrected chi connectivity index (χ2v) is 16.2. The van der Waals surface area contributed by atoms with Crippen molar-refractivity contribution in [2.45, 2.75) is 116 Å². The van der Waals surface area contributed by atoms with E-state index in [0.717, 1.165) is 12.0 Å². The molecular weight excluding hydrogens is 614 g/mol. The highest BCUT2D eigenvalue weighted by molar-refractivity contribution is 7.86. The van der Waals surface area contributed by atoms with Gasteiger partial charge in [0.15, 0.2) is 6.61 Å². The number of allylic oxidation sites excluding steroid dienone is 2. The lowest BCUT2D eigenvalue weighted by Gasteiger charge is -2.64. The molecule has 4 saturated carbocycles. The fourth-order valence-corrected chi connectivity index (χ4v) is 10.6. The zero-order valence-corrected chi connectivity index (χ0v) is 27.7. The summed E-state index contributed by atoms with van der Waals surface area (Å²) in [5.41, 5.74) is -0.0567. The third kappa shape index (κ3) is 5.89. The minimum Gasteiger partial charge on any atom is -0.490 e. The molecule has 10 nitrogen and oxygen atoms in total. The molecule has 5 rings (SSSR count). The minimum atomic E-state index is -5.67. The van der Waals surface area contributed by atoms with Crippen molar-refractivity contribution in [2.75, 3.05) is 6.61 Å². The van der Waals surface area contributed by atoms with Crippen molar-refractivity contribution in [3.05, 3.63) is 11.3 Å². The quantitative estimate of drug-likeness (QED) is 0.213. The summed E-state index contributed by atoms with van der Waals surface area (Å²) in [5, 5.41) is -4.47. The number of fused-ring (bicyclic) bond motifs is 7. The monoisotopic (exact) mass is 660 g/mol. The first-order valence-corrected chi connectivity index (χ1v) is 17.4. The average molecular weight is 661 g/mol. The summed E-state index contributed by atoms with van der Waals surface area (Å²) in [6, 6.07) is 0. The van der Waals surface area contributed by atoms with Crippen LogP contribution in [0, 0.1) is 46.3 Å². The molecule has 0 spiro atoms. The van der Waals surface area contributed by atoms with Crippen LogP contribution in [0.3, 0.4) is 0 Å². The maximum atomic E-state index is 14.3. The normalized spacial score (nSPS) is 41.1. The maximum absolute atomic E-state index is 14.3. The minimum absolute atomic E-state index is 0.00871. The summed E-state index contributed by atoms with van der Waals surface area (Å²) in [7, 11) is -5.67. The van der Waals surface area contributed by atoms with E-state index in [4.69, 9.17) is 23.5 Å². The van der Waals surface area contributed by atoms with E-state index in [0.29, 0.717) is 50.7 Å². The Labute approximate surface area is 263 Å². The van der Waals surface area contributed by atoms with Gasteiger partial charge in [0, 0.05) is 38.5 Å². The van der Waals surface area contributed by atoms with Crippen LogP contribution in [-0.4, -0.2) is 61.1 Å². The van der Waals surface area contributed by atoms with Crippen molar-refractivity contribution in [1.29, 1.82) is 0 Å². The van der Waals surface area contributed by atoms with Crippen LogP contribution in [0.15, 0.2) is 11.3 Å². The van der Waals surface area contributed by atoms with Gasteiger partial charge in [-0.1, -0.05) is 20.8 Å². The van der Waals surface area contributed by atoms with Gasteiger partial charge in [0.2, 0.25) is 0 Å². The SMILES string of the molecule is CC(=O)OC1CC[C@@]2(C)[C@@H](C1)CC(OC(C)=O)[C@@H]1[C@@H]2CC(OC(C)=O)[C@]2(C)[C@@H]3C(=C(OCC(F)(F)S(=O)(=O)O)CC[C@H]3C)C[C@@H]12. The van der Waals surface area contributed by atoms with E-state index in [1.807, 2.05) is 0 Å². The molecule has 11 atom stereocenters. The Balaban J connectivity index is 1.58. The second-order valence-electron chi connectivity index (χ2n) is 14.6. The molecule has 0 heterocycles. The van der Waals surface area contributed by atoms with Crippen LogP contribution in [0.25, 0.3) is 0 Å². The Morgan fingerprint density at radius 1 is 0.956 bits per heavy atom. The molecule has 0 aromatic heterocycles. The van der Waals surface area contributed by atoms with Crippen LogP contribution in [0.1, 0.15) is 92.9 Å². The van der Waals surface area contributed by atoms with E-state index < -0.39 is 51.5 Å². The molecule has 0 amide bonds. The van der Waals surface area contributed by atoms with Crippen LogP contribution < -0.4 is 0 Å². The first-order chi connectivity index (χ1) is 20.8. The summed E-state index contributed by atoms with van der Waals surface area (Å²) in [5.74, 6) is -1.19. The number of ether oxygens (including phenoxy) is 4. The highest BCUT2D eigenvalue weighted by Crippen LogP contribution is 2.71. The zero-order valence-electron chi connectivity index (χ0n) is 26.8. The third-order valence-corrected chi connectivity index (χ3v) is 13.0. The Kier molecular flexibility index (Phi) is 8.90. The number of rotatable bonds is 7. The highest BCUT2D eigenvalue weighted by atomic mass is 32.2. The van der Waals surface area contributed by atoms with Crippen LogP contribution in [0.2, 0.25) is 0 Å². The molecular formula is C32H46F2O10S. The van der Waals surface area contributed by atoms with Gasteiger partial charge >= 0.3 is 33.3 Å². The van der Waals surface area contributed by atoms with E-state index in [1.54, 1.807) is 0 Å². The molecule has 13 heteroatoms. The van der Waals surface area contributed by atoms with Gasteiger partial charge in [0.1, 0.15) is 18.3 Å². The van der Waals surface area contributed by atoms with Crippen molar-refractivity contribution in [2.24, 2.45) is 46.3 Å². The van der Waals surface area contributed by atoms with Crippen LogP contribution in [-0.2, 0) is 43.4 Å². The van der Waals surface area contributed by atoms with Crippen LogP contribution in [0.5, 0.6) is 0 Å². The molecule has 5 aliphatic rings. The predicted molar refractivity (Wildman–Crippen MR) is 156 cm³/mol. The molecule has 0 bridgehead atoms. The molecule has 0 aromatic rings. The molecule has 0 radical (unpaired) electrons. The highest BCUT2D eigenvalue weighted by Gasteiger charge is 2.69. The van der Waals surface area contributed by atoms with Gasteiger partial charge in [-0.15, -0.1) is 0 Å². The van der Waals surface area contributed by atoms with Crippen molar-refractivity contribution < 1.29 is 55.1 Å². The van der Waals surface area contributed by atoms with E-state index in [9.17, 15) is 31.6 Å². The molecule has 0 aliphatic heterocycles. The molecule has 1 N–H and O–H groups in total. The predicted octanol–water partition coefficient (Wildman–Crippen LogP) is 5.45. The number of hydrogen-bond acceptors (Lipinski definition) is 9. The van der Waals surface area contributed by atoms with Gasteiger partial charge < -0.3 is 18.9 Å². The molecule has 0 aromatic carbocycles. The number of carbonyl (C=O) groups is 3. The lowest BCUT2D eigenvalue weighted by Crippen LogP contribution is -2.63. The molecule has 45 heavy (non-hydrogen) atoms. The van der Waals surface area contributed by atoms with Crippen molar-refractivity contribution in [3.63, 3.8) is 0 Å². The Bertz CT molecular complexity index is 1360. The number of carbonyl (C=O) groups excluding carboxylic acids is 3. The second kappa shape index (κ2) is 11.8.